The van der Waals surface area contributed by atoms with Crippen LogP contribution in [-0.2, 0) is 19.5 Å². The van der Waals surface area contributed by atoms with Crippen LogP contribution in [0.3, 0.4) is 0 Å². The number of pyridine rings is 1. The van der Waals surface area contributed by atoms with Crippen molar-refractivity contribution in [2.24, 2.45) is 0 Å². The molecule has 4 rings (SSSR count). The number of amides is 1. The summed E-state index contributed by atoms with van der Waals surface area (Å²) in [5, 5.41) is 0. The van der Waals surface area contributed by atoms with Crippen molar-refractivity contribution >= 4 is 5.91 Å². The predicted octanol–water partition coefficient (Wildman–Crippen LogP) is 2.72. The molecular weight excluding hydrogens is 446 g/mol. The lowest BCUT2D eigenvalue weighted by Gasteiger charge is -2.33. The molecule has 1 amide bonds. The fraction of sp³-hybridized carbons (Fsp3) is 0.423. The van der Waals surface area contributed by atoms with Gasteiger partial charge in [0.25, 0.3) is 5.91 Å². The van der Waals surface area contributed by atoms with Crippen molar-refractivity contribution in [2.75, 3.05) is 54.0 Å². The first-order valence-corrected chi connectivity index (χ1v) is 11.8. The Morgan fingerprint density at radius 1 is 1.03 bits per heavy atom. The minimum atomic E-state index is -0.152. The summed E-state index contributed by atoms with van der Waals surface area (Å²) in [7, 11) is 5.00. The van der Waals surface area contributed by atoms with Crippen LogP contribution in [0.1, 0.15) is 27.6 Å². The Balaban J connectivity index is 1.24. The SMILES string of the molecule is COc1ccc(CCN(C)C(=O)c2coc(CN3CCN(Cc4ccccn4)CC3)n2)cc1OC. The van der Waals surface area contributed by atoms with Crippen molar-refractivity contribution in [3.8, 4) is 11.5 Å². The van der Waals surface area contributed by atoms with E-state index in [0.717, 1.165) is 44.0 Å². The number of methoxy groups -OCH3 is 2. The lowest BCUT2D eigenvalue weighted by Crippen LogP contribution is -2.45. The van der Waals surface area contributed by atoms with E-state index in [4.69, 9.17) is 13.9 Å². The van der Waals surface area contributed by atoms with E-state index in [0.29, 0.717) is 42.6 Å². The Kier molecular flexibility index (Phi) is 8.33. The van der Waals surface area contributed by atoms with Gasteiger partial charge in [0.05, 0.1) is 26.5 Å². The summed E-state index contributed by atoms with van der Waals surface area (Å²) in [6, 6.07) is 11.8. The molecule has 1 aliphatic heterocycles. The van der Waals surface area contributed by atoms with E-state index < -0.39 is 0 Å². The molecule has 3 aromatic rings. The zero-order valence-electron chi connectivity index (χ0n) is 20.6. The van der Waals surface area contributed by atoms with Crippen molar-refractivity contribution in [2.45, 2.75) is 19.5 Å². The van der Waals surface area contributed by atoms with Crippen LogP contribution in [0.2, 0.25) is 0 Å². The molecule has 9 nitrogen and oxygen atoms in total. The van der Waals surface area contributed by atoms with E-state index in [1.165, 1.54) is 6.26 Å². The number of carbonyl (C=O) groups excluding carboxylic acids is 1. The van der Waals surface area contributed by atoms with Gasteiger partial charge in [0.2, 0.25) is 5.89 Å². The van der Waals surface area contributed by atoms with E-state index in [1.54, 1.807) is 26.2 Å². The molecule has 0 radical (unpaired) electrons. The summed E-state index contributed by atoms with van der Waals surface area (Å²) in [4.78, 5) is 28.1. The van der Waals surface area contributed by atoms with Gasteiger partial charge in [0.1, 0.15) is 6.26 Å². The molecule has 1 saturated heterocycles. The van der Waals surface area contributed by atoms with Crippen molar-refractivity contribution in [1.82, 2.24) is 24.7 Å². The Labute approximate surface area is 206 Å². The lowest BCUT2D eigenvalue weighted by atomic mass is 10.1. The summed E-state index contributed by atoms with van der Waals surface area (Å²) < 4.78 is 16.3. The number of hydrogen-bond acceptors (Lipinski definition) is 8. The molecule has 1 aliphatic rings. The van der Waals surface area contributed by atoms with E-state index >= 15 is 0 Å². The van der Waals surface area contributed by atoms with Gasteiger partial charge >= 0.3 is 0 Å². The summed E-state index contributed by atoms with van der Waals surface area (Å²) in [5.41, 5.74) is 2.49. The van der Waals surface area contributed by atoms with E-state index in [-0.39, 0.29) is 5.91 Å². The number of carbonyl (C=O) groups is 1. The van der Waals surface area contributed by atoms with Gasteiger partial charge in [-0.25, -0.2) is 4.98 Å². The van der Waals surface area contributed by atoms with Crippen molar-refractivity contribution in [3.63, 3.8) is 0 Å². The van der Waals surface area contributed by atoms with Crippen LogP contribution in [0.5, 0.6) is 11.5 Å². The number of aromatic nitrogens is 2. The maximum atomic E-state index is 12.8. The third kappa shape index (κ3) is 6.58. The second-order valence-corrected chi connectivity index (χ2v) is 8.67. The highest BCUT2D eigenvalue weighted by atomic mass is 16.5. The van der Waals surface area contributed by atoms with Gasteiger partial charge in [-0.05, 0) is 36.2 Å². The number of benzene rings is 1. The minimum Gasteiger partial charge on any atom is -0.493 e. The fourth-order valence-electron chi connectivity index (χ4n) is 4.13. The maximum absolute atomic E-state index is 12.8. The number of hydrogen-bond donors (Lipinski definition) is 0. The summed E-state index contributed by atoms with van der Waals surface area (Å²) in [6.45, 7) is 5.77. The van der Waals surface area contributed by atoms with Crippen molar-refractivity contribution in [3.05, 3.63) is 71.7 Å². The molecule has 2 aromatic heterocycles. The first-order valence-electron chi connectivity index (χ1n) is 11.8. The molecule has 0 N–H and O–H groups in total. The molecule has 0 atom stereocenters. The largest absolute Gasteiger partial charge is 0.493 e. The standard InChI is InChI=1S/C26H33N5O4/c1-29(11-9-20-7-8-23(33-2)24(16-20)34-3)26(32)22-19-35-25(28-22)18-31-14-12-30(13-15-31)17-21-6-4-5-10-27-21/h4-8,10,16,19H,9,11-15,17-18H2,1-3H3. The minimum absolute atomic E-state index is 0.152. The average Bonchev–Trinajstić information content (AvgIpc) is 3.36. The van der Waals surface area contributed by atoms with Gasteiger partial charge in [0.15, 0.2) is 17.2 Å². The normalized spacial score (nSPS) is 14.6. The summed E-state index contributed by atoms with van der Waals surface area (Å²) >= 11 is 0. The Bertz CT molecular complexity index is 1100. The van der Waals surface area contributed by atoms with E-state index in [9.17, 15) is 4.79 Å². The monoisotopic (exact) mass is 479 g/mol. The molecule has 0 unspecified atom stereocenters. The summed E-state index contributed by atoms with van der Waals surface area (Å²) in [6.07, 6.45) is 3.98. The topological polar surface area (TPSA) is 84.2 Å². The van der Waals surface area contributed by atoms with Gasteiger partial charge in [-0.3, -0.25) is 19.6 Å². The van der Waals surface area contributed by atoms with Crippen LogP contribution in [0, 0.1) is 0 Å². The highest BCUT2D eigenvalue weighted by molar-refractivity contribution is 5.91. The van der Waals surface area contributed by atoms with Crippen LogP contribution in [0.25, 0.3) is 0 Å². The molecule has 0 spiro atoms. The highest BCUT2D eigenvalue weighted by Gasteiger charge is 2.21. The van der Waals surface area contributed by atoms with Crippen LogP contribution in [0.4, 0.5) is 0 Å². The molecule has 0 aliphatic carbocycles. The third-order valence-corrected chi connectivity index (χ3v) is 6.24. The molecule has 3 heterocycles. The Morgan fingerprint density at radius 3 is 2.46 bits per heavy atom. The van der Waals surface area contributed by atoms with E-state index in [2.05, 4.69) is 25.8 Å². The van der Waals surface area contributed by atoms with Gasteiger partial charge in [0, 0.05) is 52.5 Å². The van der Waals surface area contributed by atoms with Gasteiger partial charge < -0.3 is 18.8 Å². The number of piperazine rings is 1. The van der Waals surface area contributed by atoms with E-state index in [1.807, 2.05) is 36.5 Å². The molecule has 186 valence electrons. The van der Waals surface area contributed by atoms with Crippen LogP contribution in [-0.4, -0.2) is 84.6 Å². The van der Waals surface area contributed by atoms with Crippen LogP contribution in [0.15, 0.2) is 53.3 Å². The molecule has 1 fully saturated rings. The third-order valence-electron chi connectivity index (χ3n) is 6.24. The molecule has 0 saturated carbocycles. The molecule has 1 aromatic carbocycles. The van der Waals surface area contributed by atoms with Crippen LogP contribution < -0.4 is 9.47 Å². The number of likely N-dealkylation sites (N-methyl/N-ethyl adjacent to an activating group) is 1. The van der Waals surface area contributed by atoms with Crippen molar-refractivity contribution < 1.29 is 18.7 Å². The quantitative estimate of drug-likeness (QED) is 0.439. The second-order valence-electron chi connectivity index (χ2n) is 8.67. The zero-order chi connectivity index (χ0) is 24.6. The molecule has 35 heavy (non-hydrogen) atoms. The Hall–Kier alpha value is -3.43. The second kappa shape index (κ2) is 11.8. The summed E-state index contributed by atoms with van der Waals surface area (Å²) in [5.74, 6) is 1.78. The molecule has 0 bridgehead atoms. The lowest BCUT2D eigenvalue weighted by molar-refractivity contribution is 0.0790. The average molecular weight is 480 g/mol. The smallest absolute Gasteiger partial charge is 0.275 e. The first kappa shape index (κ1) is 24.7. The first-order chi connectivity index (χ1) is 17.1. The number of rotatable bonds is 10. The highest BCUT2D eigenvalue weighted by Crippen LogP contribution is 2.27. The van der Waals surface area contributed by atoms with Gasteiger partial charge in [-0.15, -0.1) is 0 Å². The zero-order valence-corrected chi connectivity index (χ0v) is 20.6. The van der Waals surface area contributed by atoms with Gasteiger partial charge in [-0.2, -0.15) is 0 Å². The molecule has 9 heteroatoms. The number of ether oxygens (including phenoxy) is 2. The fourth-order valence-corrected chi connectivity index (χ4v) is 4.13. The van der Waals surface area contributed by atoms with Crippen LogP contribution >= 0.6 is 0 Å². The predicted molar refractivity (Wildman–Crippen MR) is 132 cm³/mol. The molecular formula is C26H33N5O4. The van der Waals surface area contributed by atoms with Gasteiger partial charge in [-0.1, -0.05) is 12.1 Å². The Morgan fingerprint density at radius 2 is 1.77 bits per heavy atom. The van der Waals surface area contributed by atoms with Crippen molar-refractivity contribution in [1.29, 1.82) is 0 Å². The number of nitrogens with zero attached hydrogens (tertiary/aromatic N) is 5. The maximum Gasteiger partial charge on any atom is 0.275 e. The number of oxazole rings is 1.